The SMILES string of the molecule is CC(O)C(N)C(=O)NC(C(=O)NC(CCC(=O)O)C(=O)NC(CC(N)=O)C(=O)O)C(C)O. The largest absolute Gasteiger partial charge is 0.481 e. The number of hydrogen-bond donors (Lipinski definition) is 9. The van der Waals surface area contributed by atoms with Crippen LogP contribution in [0.1, 0.15) is 33.1 Å². The number of hydrogen-bond acceptors (Lipinski definition) is 9. The molecule has 0 aromatic carbocycles. The molecule has 0 bridgehead atoms. The molecule has 0 radical (unpaired) electrons. The van der Waals surface area contributed by atoms with Gasteiger partial charge in [-0.25, -0.2) is 4.79 Å². The second-order valence-electron chi connectivity index (χ2n) is 7.06. The van der Waals surface area contributed by atoms with Crippen LogP contribution in [-0.4, -0.2) is 92.4 Å². The molecule has 0 saturated carbocycles. The molecule has 6 unspecified atom stereocenters. The van der Waals surface area contributed by atoms with E-state index in [4.69, 9.17) is 21.7 Å². The van der Waals surface area contributed by atoms with Crippen molar-refractivity contribution in [2.45, 2.75) is 69.5 Å². The number of amides is 4. The van der Waals surface area contributed by atoms with Crippen molar-refractivity contribution in [1.82, 2.24) is 16.0 Å². The highest BCUT2D eigenvalue weighted by atomic mass is 16.4. The molecule has 6 atom stereocenters. The third-order valence-corrected chi connectivity index (χ3v) is 4.18. The van der Waals surface area contributed by atoms with Crippen molar-refractivity contribution in [1.29, 1.82) is 0 Å². The van der Waals surface area contributed by atoms with E-state index in [0.717, 1.165) is 6.92 Å². The molecular formula is C17H29N5O10. The van der Waals surface area contributed by atoms with E-state index in [1.165, 1.54) is 6.92 Å². The van der Waals surface area contributed by atoms with Crippen molar-refractivity contribution in [2.24, 2.45) is 11.5 Å². The van der Waals surface area contributed by atoms with Crippen molar-refractivity contribution < 1.29 is 49.2 Å². The Morgan fingerprint density at radius 3 is 1.75 bits per heavy atom. The fraction of sp³-hybridized carbons (Fsp3) is 0.647. The minimum atomic E-state index is -1.74. The summed E-state index contributed by atoms with van der Waals surface area (Å²) >= 11 is 0. The van der Waals surface area contributed by atoms with Gasteiger partial charge in [0.05, 0.1) is 18.6 Å². The Labute approximate surface area is 182 Å². The molecule has 15 nitrogen and oxygen atoms in total. The first-order valence-corrected chi connectivity index (χ1v) is 9.43. The summed E-state index contributed by atoms with van der Waals surface area (Å²) in [4.78, 5) is 70.1. The molecule has 0 aliphatic heterocycles. The molecular weight excluding hydrogens is 434 g/mol. The first kappa shape index (κ1) is 28.7. The minimum Gasteiger partial charge on any atom is -0.481 e. The molecule has 15 heteroatoms. The average Bonchev–Trinajstić information content (AvgIpc) is 2.66. The van der Waals surface area contributed by atoms with Crippen LogP contribution in [0, 0.1) is 0 Å². The lowest BCUT2D eigenvalue weighted by molar-refractivity contribution is -0.144. The lowest BCUT2D eigenvalue weighted by Gasteiger charge is -2.26. The maximum atomic E-state index is 12.6. The molecule has 0 heterocycles. The van der Waals surface area contributed by atoms with Gasteiger partial charge in [-0.15, -0.1) is 0 Å². The molecule has 0 aromatic rings. The van der Waals surface area contributed by atoms with Gasteiger partial charge >= 0.3 is 11.9 Å². The summed E-state index contributed by atoms with van der Waals surface area (Å²) in [6, 6.07) is -6.41. The van der Waals surface area contributed by atoms with Gasteiger partial charge in [-0.1, -0.05) is 0 Å². The summed E-state index contributed by atoms with van der Waals surface area (Å²) in [5.41, 5.74) is 10.4. The first-order chi connectivity index (χ1) is 14.7. The van der Waals surface area contributed by atoms with Crippen molar-refractivity contribution in [3.05, 3.63) is 0 Å². The Morgan fingerprint density at radius 2 is 1.34 bits per heavy atom. The van der Waals surface area contributed by atoms with Crippen LogP contribution in [0.5, 0.6) is 0 Å². The highest BCUT2D eigenvalue weighted by Crippen LogP contribution is 2.04. The van der Waals surface area contributed by atoms with Crippen LogP contribution in [0.3, 0.4) is 0 Å². The second kappa shape index (κ2) is 13.2. The number of aliphatic carboxylic acids is 2. The Morgan fingerprint density at radius 1 is 0.812 bits per heavy atom. The van der Waals surface area contributed by atoms with Gasteiger partial charge in [0.1, 0.15) is 24.2 Å². The number of carbonyl (C=O) groups is 6. The monoisotopic (exact) mass is 463 g/mol. The van der Waals surface area contributed by atoms with Crippen LogP contribution in [0.15, 0.2) is 0 Å². The first-order valence-electron chi connectivity index (χ1n) is 9.43. The lowest BCUT2D eigenvalue weighted by atomic mass is 10.1. The van der Waals surface area contributed by atoms with Crippen molar-refractivity contribution >= 4 is 35.6 Å². The second-order valence-corrected chi connectivity index (χ2v) is 7.06. The number of nitrogens with two attached hydrogens (primary N) is 2. The van der Waals surface area contributed by atoms with E-state index in [0.29, 0.717) is 0 Å². The minimum absolute atomic E-state index is 0.483. The van der Waals surface area contributed by atoms with Crippen LogP contribution >= 0.6 is 0 Å². The van der Waals surface area contributed by atoms with E-state index < -0.39 is 91.2 Å². The molecule has 0 aliphatic rings. The summed E-state index contributed by atoms with van der Waals surface area (Å²) in [7, 11) is 0. The molecule has 32 heavy (non-hydrogen) atoms. The number of carbonyl (C=O) groups excluding carboxylic acids is 4. The summed E-state index contributed by atoms with van der Waals surface area (Å²) in [6.45, 7) is 2.36. The molecule has 0 spiro atoms. The van der Waals surface area contributed by atoms with Crippen LogP contribution in [0.25, 0.3) is 0 Å². The fourth-order valence-electron chi connectivity index (χ4n) is 2.35. The van der Waals surface area contributed by atoms with Gasteiger partial charge in [-0.05, 0) is 20.3 Å². The van der Waals surface area contributed by atoms with E-state index in [1.54, 1.807) is 0 Å². The Kier molecular flexibility index (Phi) is 11.8. The van der Waals surface area contributed by atoms with Gasteiger partial charge in [0.2, 0.25) is 23.6 Å². The van der Waals surface area contributed by atoms with Crippen molar-refractivity contribution in [2.75, 3.05) is 0 Å². The zero-order valence-electron chi connectivity index (χ0n) is 17.5. The van der Waals surface area contributed by atoms with E-state index in [9.17, 15) is 39.0 Å². The Hall–Kier alpha value is -3.30. The normalized spacial score (nSPS) is 16.4. The van der Waals surface area contributed by atoms with E-state index in [-0.39, 0.29) is 0 Å². The standard InChI is InChI=1S/C17H29N5O10/c1-6(23)12(19)15(29)22-13(7(2)24)16(30)20-8(3-4-11(26)27)14(28)21-9(17(31)32)5-10(18)25/h6-9,12-13,23-24H,3-5,19H2,1-2H3,(H2,18,25)(H,20,30)(H,21,28)(H,22,29)(H,26,27)(H,31,32). The van der Waals surface area contributed by atoms with Crippen LogP contribution in [-0.2, 0) is 28.8 Å². The molecule has 0 rings (SSSR count). The van der Waals surface area contributed by atoms with Gasteiger partial charge in [0, 0.05) is 6.42 Å². The molecule has 0 aromatic heterocycles. The Bertz CT molecular complexity index is 727. The number of aliphatic hydroxyl groups excluding tert-OH is 2. The number of nitrogens with one attached hydrogen (secondary N) is 3. The summed E-state index contributed by atoms with van der Waals surface area (Å²) in [5, 5.41) is 43.4. The van der Waals surface area contributed by atoms with Crippen LogP contribution in [0.4, 0.5) is 0 Å². The summed E-state index contributed by atoms with van der Waals surface area (Å²) in [6.07, 6.45) is -4.62. The summed E-state index contributed by atoms with van der Waals surface area (Å²) in [5.74, 6) is -7.19. The van der Waals surface area contributed by atoms with Crippen molar-refractivity contribution in [3.8, 4) is 0 Å². The van der Waals surface area contributed by atoms with E-state index >= 15 is 0 Å². The third kappa shape index (κ3) is 10.1. The quantitative estimate of drug-likeness (QED) is 0.118. The van der Waals surface area contributed by atoms with Gasteiger partial charge in [0.15, 0.2) is 0 Å². The topological polar surface area (TPSA) is 271 Å². The van der Waals surface area contributed by atoms with Crippen LogP contribution < -0.4 is 27.4 Å². The highest BCUT2D eigenvalue weighted by Gasteiger charge is 2.33. The predicted octanol–water partition coefficient (Wildman–Crippen LogP) is -4.65. The third-order valence-electron chi connectivity index (χ3n) is 4.18. The number of aliphatic hydroxyl groups is 2. The smallest absolute Gasteiger partial charge is 0.326 e. The molecule has 0 fully saturated rings. The number of primary amides is 1. The molecule has 182 valence electrons. The zero-order valence-corrected chi connectivity index (χ0v) is 17.5. The molecule has 0 saturated heterocycles. The number of rotatable bonds is 14. The van der Waals surface area contributed by atoms with E-state index in [1.807, 2.05) is 5.32 Å². The van der Waals surface area contributed by atoms with Gasteiger partial charge in [-0.3, -0.25) is 24.0 Å². The Balaban J connectivity index is 5.54. The van der Waals surface area contributed by atoms with Gasteiger partial charge < -0.3 is 47.8 Å². The zero-order chi connectivity index (χ0) is 25.2. The van der Waals surface area contributed by atoms with Crippen molar-refractivity contribution in [3.63, 3.8) is 0 Å². The number of carboxylic acids is 2. The molecule has 11 N–H and O–H groups in total. The maximum Gasteiger partial charge on any atom is 0.326 e. The highest BCUT2D eigenvalue weighted by molar-refractivity contribution is 5.95. The fourth-order valence-corrected chi connectivity index (χ4v) is 2.35. The van der Waals surface area contributed by atoms with Crippen LogP contribution in [0.2, 0.25) is 0 Å². The molecule has 0 aliphatic carbocycles. The van der Waals surface area contributed by atoms with E-state index in [2.05, 4.69) is 10.6 Å². The average molecular weight is 463 g/mol. The summed E-state index contributed by atoms with van der Waals surface area (Å²) < 4.78 is 0. The predicted molar refractivity (Wildman–Crippen MR) is 105 cm³/mol. The number of carboxylic acid groups (broad SMARTS) is 2. The maximum absolute atomic E-state index is 12.6. The van der Waals surface area contributed by atoms with Gasteiger partial charge in [-0.2, -0.15) is 0 Å². The lowest BCUT2D eigenvalue weighted by Crippen LogP contribution is -2.60. The molecule has 4 amide bonds. The van der Waals surface area contributed by atoms with Gasteiger partial charge in [0.25, 0.3) is 0 Å².